The molecular formula is C18H24N4O3S. The molecule has 1 aromatic heterocycles. The fourth-order valence-electron chi connectivity index (χ4n) is 3.09. The molecule has 1 N–H and O–H groups in total. The van der Waals surface area contributed by atoms with Crippen LogP contribution in [0.4, 0.5) is 0 Å². The van der Waals surface area contributed by atoms with Crippen LogP contribution < -0.4 is 5.32 Å². The minimum atomic E-state index is -3.40. The zero-order valence-corrected chi connectivity index (χ0v) is 15.9. The van der Waals surface area contributed by atoms with Crippen LogP contribution in [0.25, 0.3) is 0 Å². The average molecular weight is 376 g/mol. The highest BCUT2D eigenvalue weighted by molar-refractivity contribution is 7.89. The van der Waals surface area contributed by atoms with E-state index in [1.807, 2.05) is 13.0 Å². The third kappa shape index (κ3) is 3.81. The number of nitrogens with zero attached hydrogens (tertiary/aromatic N) is 3. The lowest BCUT2D eigenvalue weighted by Gasteiger charge is -2.16. The van der Waals surface area contributed by atoms with Crippen LogP contribution in [0.5, 0.6) is 0 Å². The molecule has 1 unspecified atom stereocenters. The number of aryl methyl sites for hydroxylation is 1. The van der Waals surface area contributed by atoms with Crippen LogP contribution in [-0.2, 0) is 21.4 Å². The zero-order chi connectivity index (χ0) is 18.7. The van der Waals surface area contributed by atoms with Gasteiger partial charge in [0.2, 0.25) is 15.9 Å². The molecule has 2 heterocycles. The first-order valence-electron chi connectivity index (χ1n) is 8.76. The molecule has 3 rings (SSSR count). The molecule has 1 atom stereocenters. The number of aromatic nitrogens is 2. The standard InChI is InChI=1S/C18H24N4O3S/c1-14-9-10-20-22(14)15(2)18(23)19-13-16-5-7-17(8-6-16)26(24,25)21-11-3-4-12-21/h5-10,15H,3-4,11-13H2,1-2H3,(H,19,23). The third-order valence-corrected chi connectivity index (χ3v) is 6.62. The molecule has 8 heteroatoms. The number of rotatable bonds is 6. The molecule has 26 heavy (non-hydrogen) atoms. The van der Waals surface area contributed by atoms with Gasteiger partial charge in [-0.15, -0.1) is 0 Å². The lowest BCUT2D eigenvalue weighted by atomic mass is 10.2. The van der Waals surface area contributed by atoms with Crippen molar-refractivity contribution in [1.82, 2.24) is 19.4 Å². The van der Waals surface area contributed by atoms with Gasteiger partial charge in [-0.2, -0.15) is 9.40 Å². The molecule has 1 amide bonds. The van der Waals surface area contributed by atoms with Crippen LogP contribution in [0.1, 0.15) is 37.1 Å². The Morgan fingerprint density at radius 1 is 1.19 bits per heavy atom. The monoisotopic (exact) mass is 376 g/mol. The number of carbonyl (C=O) groups is 1. The second kappa shape index (κ2) is 7.59. The number of nitrogens with one attached hydrogen (secondary N) is 1. The van der Waals surface area contributed by atoms with Gasteiger partial charge in [-0.3, -0.25) is 9.48 Å². The molecule has 1 saturated heterocycles. The van der Waals surface area contributed by atoms with Gasteiger partial charge in [-0.25, -0.2) is 8.42 Å². The Morgan fingerprint density at radius 2 is 1.85 bits per heavy atom. The van der Waals surface area contributed by atoms with Gasteiger partial charge in [0.1, 0.15) is 6.04 Å². The van der Waals surface area contributed by atoms with Gasteiger partial charge < -0.3 is 5.32 Å². The summed E-state index contributed by atoms with van der Waals surface area (Å²) in [5, 5.41) is 7.02. The number of amides is 1. The van der Waals surface area contributed by atoms with Crippen LogP contribution >= 0.6 is 0 Å². The maximum atomic E-state index is 12.5. The molecule has 0 saturated carbocycles. The predicted octanol–water partition coefficient (Wildman–Crippen LogP) is 1.85. The summed E-state index contributed by atoms with van der Waals surface area (Å²) in [6, 6.07) is 8.15. The van der Waals surface area contributed by atoms with Crippen molar-refractivity contribution < 1.29 is 13.2 Å². The first-order chi connectivity index (χ1) is 12.4. The van der Waals surface area contributed by atoms with Crippen molar-refractivity contribution in [1.29, 1.82) is 0 Å². The third-order valence-electron chi connectivity index (χ3n) is 4.71. The van der Waals surface area contributed by atoms with E-state index in [1.54, 1.807) is 42.1 Å². The van der Waals surface area contributed by atoms with Gasteiger partial charge in [0.05, 0.1) is 4.90 Å². The Kier molecular flexibility index (Phi) is 5.43. The summed E-state index contributed by atoms with van der Waals surface area (Å²) in [5.41, 5.74) is 1.77. The topological polar surface area (TPSA) is 84.3 Å². The van der Waals surface area contributed by atoms with E-state index in [4.69, 9.17) is 0 Å². The maximum absolute atomic E-state index is 12.5. The molecule has 1 aliphatic rings. The normalized spacial score (nSPS) is 16.5. The van der Waals surface area contributed by atoms with E-state index in [9.17, 15) is 13.2 Å². The summed E-state index contributed by atoms with van der Waals surface area (Å²) >= 11 is 0. The largest absolute Gasteiger partial charge is 0.350 e. The first kappa shape index (κ1) is 18.6. The summed E-state index contributed by atoms with van der Waals surface area (Å²) in [4.78, 5) is 12.6. The summed E-state index contributed by atoms with van der Waals surface area (Å²) in [6.07, 6.45) is 3.49. The molecule has 2 aromatic rings. The van der Waals surface area contributed by atoms with Crippen LogP contribution in [0.3, 0.4) is 0 Å². The quantitative estimate of drug-likeness (QED) is 0.834. The van der Waals surface area contributed by atoms with E-state index in [1.165, 1.54) is 4.31 Å². The van der Waals surface area contributed by atoms with Crippen LogP contribution in [0, 0.1) is 6.92 Å². The number of sulfonamides is 1. The Labute approximate surface area is 154 Å². The second-order valence-electron chi connectivity index (χ2n) is 6.57. The van der Waals surface area contributed by atoms with Gasteiger partial charge in [0, 0.05) is 31.5 Å². The molecule has 1 aromatic carbocycles. The van der Waals surface area contributed by atoms with Gasteiger partial charge in [-0.05, 0) is 50.5 Å². The van der Waals surface area contributed by atoms with Crippen molar-refractivity contribution >= 4 is 15.9 Å². The summed E-state index contributed by atoms with van der Waals surface area (Å²) < 4.78 is 28.2. The molecular weight excluding hydrogens is 352 g/mol. The highest BCUT2D eigenvalue weighted by Crippen LogP contribution is 2.21. The van der Waals surface area contributed by atoms with Gasteiger partial charge in [-0.1, -0.05) is 12.1 Å². The molecule has 0 radical (unpaired) electrons. The highest BCUT2D eigenvalue weighted by Gasteiger charge is 2.26. The van der Waals surface area contributed by atoms with Crippen molar-refractivity contribution in [3.05, 3.63) is 47.8 Å². The van der Waals surface area contributed by atoms with Crippen molar-refractivity contribution in [2.24, 2.45) is 0 Å². The molecule has 0 spiro atoms. The van der Waals surface area contributed by atoms with Crippen LogP contribution in [0.2, 0.25) is 0 Å². The fourth-order valence-corrected chi connectivity index (χ4v) is 4.61. The second-order valence-corrected chi connectivity index (χ2v) is 8.50. The van der Waals surface area contributed by atoms with Crippen molar-refractivity contribution in [2.45, 2.75) is 44.2 Å². The van der Waals surface area contributed by atoms with Crippen molar-refractivity contribution in [3.63, 3.8) is 0 Å². The Balaban J connectivity index is 1.61. The van der Waals surface area contributed by atoms with E-state index in [0.717, 1.165) is 24.1 Å². The lowest BCUT2D eigenvalue weighted by molar-refractivity contribution is -0.124. The number of hydrogen-bond donors (Lipinski definition) is 1. The van der Waals surface area contributed by atoms with Crippen molar-refractivity contribution in [2.75, 3.05) is 13.1 Å². The zero-order valence-electron chi connectivity index (χ0n) is 15.1. The van der Waals surface area contributed by atoms with Gasteiger partial charge >= 0.3 is 0 Å². The summed E-state index contributed by atoms with van der Waals surface area (Å²) in [7, 11) is -3.40. The number of carbonyl (C=O) groups excluding carboxylic acids is 1. The van der Waals surface area contributed by atoms with E-state index < -0.39 is 16.1 Å². The van der Waals surface area contributed by atoms with Gasteiger partial charge in [0.25, 0.3) is 0 Å². The van der Waals surface area contributed by atoms with Crippen molar-refractivity contribution in [3.8, 4) is 0 Å². The lowest BCUT2D eigenvalue weighted by Crippen LogP contribution is -2.31. The average Bonchev–Trinajstić information content (AvgIpc) is 3.31. The molecule has 1 aliphatic heterocycles. The Bertz CT molecular complexity index is 868. The molecule has 140 valence electrons. The molecule has 0 aliphatic carbocycles. The molecule has 0 bridgehead atoms. The predicted molar refractivity (Wildman–Crippen MR) is 98.0 cm³/mol. The SMILES string of the molecule is Cc1ccnn1C(C)C(=O)NCc1ccc(S(=O)(=O)N2CCCC2)cc1. The summed E-state index contributed by atoms with van der Waals surface area (Å²) in [6.45, 7) is 5.21. The van der Waals surface area contributed by atoms with E-state index in [0.29, 0.717) is 24.5 Å². The highest BCUT2D eigenvalue weighted by atomic mass is 32.2. The summed E-state index contributed by atoms with van der Waals surface area (Å²) in [5.74, 6) is -0.134. The van der Waals surface area contributed by atoms with E-state index >= 15 is 0 Å². The van der Waals surface area contributed by atoms with Gasteiger partial charge in [0.15, 0.2) is 0 Å². The molecule has 7 nitrogen and oxygen atoms in total. The van der Waals surface area contributed by atoms with E-state index in [-0.39, 0.29) is 5.91 Å². The first-order valence-corrected chi connectivity index (χ1v) is 10.2. The fraction of sp³-hybridized carbons (Fsp3) is 0.444. The van der Waals surface area contributed by atoms with Crippen LogP contribution in [-0.4, -0.2) is 41.5 Å². The molecule has 1 fully saturated rings. The minimum absolute atomic E-state index is 0.134. The number of hydrogen-bond acceptors (Lipinski definition) is 4. The van der Waals surface area contributed by atoms with E-state index in [2.05, 4.69) is 10.4 Å². The Morgan fingerprint density at radius 3 is 2.42 bits per heavy atom. The maximum Gasteiger partial charge on any atom is 0.244 e. The smallest absolute Gasteiger partial charge is 0.244 e. The van der Waals surface area contributed by atoms with Crippen LogP contribution in [0.15, 0.2) is 41.4 Å². The number of benzene rings is 1. The Hall–Kier alpha value is -2.19. The minimum Gasteiger partial charge on any atom is -0.350 e.